The molecule has 2 atom stereocenters. The standard InChI is InChI=1S/C17H22FNOS/c1-21-15-10-13-7-8-14(11-15)19(13)17(20)9-6-12-4-2-3-5-16(12)18/h2-5,13-15H,6-11H2,1H3. The first-order valence-electron chi connectivity index (χ1n) is 7.76. The van der Waals surface area contributed by atoms with Crippen LogP contribution in [-0.2, 0) is 11.2 Å². The van der Waals surface area contributed by atoms with Crippen LogP contribution < -0.4 is 0 Å². The van der Waals surface area contributed by atoms with E-state index in [-0.39, 0.29) is 11.7 Å². The average molecular weight is 307 g/mol. The Labute approximate surface area is 130 Å². The minimum absolute atomic E-state index is 0.200. The molecule has 2 aliphatic heterocycles. The third-order valence-electron chi connectivity index (χ3n) is 4.88. The highest BCUT2D eigenvalue weighted by molar-refractivity contribution is 7.99. The quantitative estimate of drug-likeness (QED) is 0.846. The fourth-order valence-electron chi connectivity index (χ4n) is 3.80. The van der Waals surface area contributed by atoms with Gasteiger partial charge in [-0.15, -0.1) is 0 Å². The van der Waals surface area contributed by atoms with Gasteiger partial charge in [0.05, 0.1) is 0 Å². The lowest BCUT2D eigenvalue weighted by atomic mass is 10.0. The molecule has 2 fully saturated rings. The summed E-state index contributed by atoms with van der Waals surface area (Å²) in [7, 11) is 0. The SMILES string of the molecule is CSC1CC2CCC(C1)N2C(=O)CCc1ccccc1F. The molecule has 2 heterocycles. The Hall–Kier alpha value is -1.03. The highest BCUT2D eigenvalue weighted by atomic mass is 32.2. The molecule has 1 aromatic rings. The van der Waals surface area contributed by atoms with Gasteiger partial charge in [-0.1, -0.05) is 18.2 Å². The van der Waals surface area contributed by atoms with Crippen LogP contribution in [0.15, 0.2) is 24.3 Å². The van der Waals surface area contributed by atoms with E-state index in [2.05, 4.69) is 11.2 Å². The second kappa shape index (κ2) is 6.39. The molecule has 3 rings (SSSR count). The van der Waals surface area contributed by atoms with Gasteiger partial charge in [-0.2, -0.15) is 11.8 Å². The van der Waals surface area contributed by atoms with E-state index < -0.39 is 0 Å². The van der Waals surface area contributed by atoms with E-state index in [0.29, 0.717) is 35.7 Å². The van der Waals surface area contributed by atoms with Crippen LogP contribution in [0.2, 0.25) is 0 Å². The first-order valence-corrected chi connectivity index (χ1v) is 9.05. The predicted octanol–water partition coefficient (Wildman–Crippen LogP) is 3.64. The lowest BCUT2D eigenvalue weighted by Crippen LogP contribution is -2.47. The second-order valence-corrected chi connectivity index (χ2v) is 7.24. The van der Waals surface area contributed by atoms with Gasteiger partial charge in [0.25, 0.3) is 0 Å². The largest absolute Gasteiger partial charge is 0.337 e. The monoisotopic (exact) mass is 307 g/mol. The van der Waals surface area contributed by atoms with Crippen molar-refractivity contribution in [2.24, 2.45) is 0 Å². The summed E-state index contributed by atoms with van der Waals surface area (Å²) in [5.41, 5.74) is 0.650. The number of rotatable bonds is 4. The molecule has 2 unspecified atom stereocenters. The smallest absolute Gasteiger partial charge is 0.223 e. The van der Waals surface area contributed by atoms with Crippen LogP contribution in [0.1, 0.15) is 37.7 Å². The highest BCUT2D eigenvalue weighted by Gasteiger charge is 2.42. The molecule has 2 bridgehead atoms. The summed E-state index contributed by atoms with van der Waals surface area (Å²) in [6.07, 6.45) is 7.65. The summed E-state index contributed by atoms with van der Waals surface area (Å²) in [5.74, 6) is 0.0136. The van der Waals surface area contributed by atoms with Gasteiger partial charge in [-0.3, -0.25) is 4.79 Å². The third-order valence-corrected chi connectivity index (χ3v) is 5.93. The van der Waals surface area contributed by atoms with Gasteiger partial charge in [0.15, 0.2) is 0 Å². The summed E-state index contributed by atoms with van der Waals surface area (Å²) >= 11 is 1.93. The molecule has 1 amide bonds. The van der Waals surface area contributed by atoms with Crippen molar-refractivity contribution in [3.05, 3.63) is 35.6 Å². The molecular formula is C17H22FNOS. The average Bonchev–Trinajstić information content (AvgIpc) is 2.76. The Balaban J connectivity index is 1.60. The highest BCUT2D eigenvalue weighted by Crippen LogP contribution is 2.39. The fourth-order valence-corrected chi connectivity index (χ4v) is 4.63. The van der Waals surface area contributed by atoms with Gasteiger partial charge in [0, 0.05) is 23.8 Å². The third kappa shape index (κ3) is 3.10. The van der Waals surface area contributed by atoms with Crippen molar-refractivity contribution in [2.45, 2.75) is 55.9 Å². The normalized spacial score (nSPS) is 27.9. The topological polar surface area (TPSA) is 20.3 Å². The molecule has 0 saturated carbocycles. The van der Waals surface area contributed by atoms with Crippen molar-refractivity contribution < 1.29 is 9.18 Å². The van der Waals surface area contributed by atoms with Gasteiger partial charge >= 0.3 is 0 Å². The van der Waals surface area contributed by atoms with E-state index in [0.717, 1.165) is 25.7 Å². The number of benzene rings is 1. The van der Waals surface area contributed by atoms with Gasteiger partial charge in [0.1, 0.15) is 5.82 Å². The number of hydrogen-bond acceptors (Lipinski definition) is 2. The second-order valence-electron chi connectivity index (χ2n) is 6.11. The summed E-state index contributed by atoms with van der Waals surface area (Å²) in [6, 6.07) is 7.61. The van der Waals surface area contributed by atoms with Gasteiger partial charge in [-0.25, -0.2) is 4.39 Å². The number of hydrogen-bond donors (Lipinski definition) is 0. The summed E-state index contributed by atoms with van der Waals surface area (Å²) in [6.45, 7) is 0. The molecule has 21 heavy (non-hydrogen) atoms. The van der Waals surface area contributed by atoms with Crippen LogP contribution in [-0.4, -0.2) is 34.4 Å². The van der Waals surface area contributed by atoms with Crippen LogP contribution in [0.5, 0.6) is 0 Å². The Kier molecular flexibility index (Phi) is 4.53. The molecule has 2 nitrogen and oxygen atoms in total. The molecule has 114 valence electrons. The van der Waals surface area contributed by atoms with Gasteiger partial charge in [0.2, 0.25) is 5.91 Å². The van der Waals surface area contributed by atoms with Crippen molar-refractivity contribution in [2.75, 3.05) is 6.26 Å². The molecule has 0 radical (unpaired) electrons. The lowest BCUT2D eigenvalue weighted by Gasteiger charge is -2.38. The van der Waals surface area contributed by atoms with Crippen LogP contribution >= 0.6 is 11.8 Å². The van der Waals surface area contributed by atoms with E-state index in [1.165, 1.54) is 6.07 Å². The van der Waals surface area contributed by atoms with Crippen molar-refractivity contribution in [1.29, 1.82) is 0 Å². The Morgan fingerprint density at radius 3 is 2.57 bits per heavy atom. The lowest BCUT2D eigenvalue weighted by molar-refractivity contribution is -0.135. The molecule has 0 aliphatic carbocycles. The number of fused-ring (bicyclic) bond motifs is 2. The zero-order valence-corrected chi connectivity index (χ0v) is 13.2. The molecule has 2 saturated heterocycles. The molecular weight excluding hydrogens is 285 g/mol. The summed E-state index contributed by atoms with van der Waals surface area (Å²) in [4.78, 5) is 14.7. The van der Waals surface area contributed by atoms with Gasteiger partial charge < -0.3 is 4.90 Å². The van der Waals surface area contributed by atoms with Crippen LogP contribution in [0.4, 0.5) is 4.39 Å². The molecule has 0 N–H and O–H groups in total. The number of thioether (sulfide) groups is 1. The first kappa shape index (κ1) is 14.9. The van der Waals surface area contributed by atoms with E-state index in [9.17, 15) is 9.18 Å². The maximum Gasteiger partial charge on any atom is 0.223 e. The molecule has 4 heteroatoms. The van der Waals surface area contributed by atoms with E-state index in [1.54, 1.807) is 12.1 Å². The first-order chi connectivity index (χ1) is 10.2. The summed E-state index contributed by atoms with van der Waals surface area (Å²) < 4.78 is 13.6. The Bertz CT molecular complexity index is 507. The number of amides is 1. The Morgan fingerprint density at radius 2 is 1.95 bits per heavy atom. The number of carbonyl (C=O) groups is 1. The Morgan fingerprint density at radius 1 is 1.29 bits per heavy atom. The number of aryl methyl sites for hydroxylation is 1. The van der Waals surface area contributed by atoms with Crippen molar-refractivity contribution in [1.82, 2.24) is 4.90 Å². The van der Waals surface area contributed by atoms with Crippen molar-refractivity contribution >= 4 is 17.7 Å². The minimum atomic E-state index is -0.200. The maximum atomic E-state index is 13.6. The number of piperidine rings is 1. The fraction of sp³-hybridized carbons (Fsp3) is 0.588. The number of halogens is 1. The minimum Gasteiger partial charge on any atom is -0.337 e. The van der Waals surface area contributed by atoms with Crippen LogP contribution in [0, 0.1) is 5.82 Å². The predicted molar refractivity (Wildman–Crippen MR) is 84.9 cm³/mol. The number of carbonyl (C=O) groups excluding carboxylic acids is 1. The van der Waals surface area contributed by atoms with Crippen molar-refractivity contribution in [3.63, 3.8) is 0 Å². The molecule has 0 aromatic heterocycles. The molecule has 1 aromatic carbocycles. The summed E-state index contributed by atoms with van der Waals surface area (Å²) in [5, 5.41) is 0.707. The zero-order valence-electron chi connectivity index (χ0n) is 12.4. The van der Waals surface area contributed by atoms with Gasteiger partial charge in [-0.05, 0) is 50.0 Å². The maximum absolute atomic E-state index is 13.6. The van der Waals surface area contributed by atoms with Crippen LogP contribution in [0.3, 0.4) is 0 Å². The molecule has 2 aliphatic rings. The van der Waals surface area contributed by atoms with Crippen LogP contribution in [0.25, 0.3) is 0 Å². The zero-order chi connectivity index (χ0) is 14.8. The van der Waals surface area contributed by atoms with E-state index in [1.807, 2.05) is 17.8 Å². The molecule has 0 spiro atoms. The van der Waals surface area contributed by atoms with Crippen molar-refractivity contribution in [3.8, 4) is 0 Å². The number of nitrogens with zero attached hydrogens (tertiary/aromatic N) is 1. The van der Waals surface area contributed by atoms with E-state index in [4.69, 9.17) is 0 Å². The van der Waals surface area contributed by atoms with E-state index >= 15 is 0 Å².